The van der Waals surface area contributed by atoms with Crippen molar-refractivity contribution in [2.75, 3.05) is 0 Å². The van der Waals surface area contributed by atoms with Gasteiger partial charge in [0.25, 0.3) is 0 Å². The average molecular weight is 278 g/mol. The number of rotatable bonds is 2. The van der Waals surface area contributed by atoms with Crippen LogP contribution in [-0.2, 0) is 6.54 Å². The van der Waals surface area contributed by atoms with Gasteiger partial charge in [0, 0.05) is 23.2 Å². The summed E-state index contributed by atoms with van der Waals surface area (Å²) >= 11 is 6.04. The second-order valence-corrected chi connectivity index (χ2v) is 4.76. The molecule has 3 aromatic rings. The maximum absolute atomic E-state index is 13.6. The molecule has 0 fully saturated rings. The number of aromatic nitrogens is 1. The van der Waals surface area contributed by atoms with Crippen molar-refractivity contribution in [2.45, 2.75) is 6.54 Å². The molecule has 2 aromatic carbocycles. The van der Waals surface area contributed by atoms with E-state index in [9.17, 15) is 8.78 Å². The Bertz CT molecular complexity index is 749. The molecule has 0 spiro atoms. The Morgan fingerprint density at radius 2 is 1.89 bits per heavy atom. The maximum atomic E-state index is 13.6. The molecule has 19 heavy (non-hydrogen) atoms. The lowest BCUT2D eigenvalue weighted by atomic mass is 10.2. The minimum Gasteiger partial charge on any atom is -0.343 e. The van der Waals surface area contributed by atoms with Gasteiger partial charge in [-0.05, 0) is 42.0 Å². The predicted octanol–water partition coefficient (Wildman–Crippen LogP) is 4.62. The molecule has 0 atom stereocenters. The number of benzene rings is 2. The van der Waals surface area contributed by atoms with Crippen LogP contribution in [-0.4, -0.2) is 4.57 Å². The minimum atomic E-state index is -0.331. The molecule has 0 aliphatic rings. The molecule has 1 heterocycles. The smallest absolute Gasteiger partial charge is 0.132 e. The fourth-order valence-corrected chi connectivity index (χ4v) is 2.35. The fraction of sp³-hybridized carbons (Fsp3) is 0.0667. The van der Waals surface area contributed by atoms with E-state index in [2.05, 4.69) is 0 Å². The number of hydrogen-bond acceptors (Lipinski definition) is 0. The van der Waals surface area contributed by atoms with Crippen molar-refractivity contribution in [3.05, 3.63) is 70.9 Å². The molecule has 3 rings (SSSR count). The first-order valence-corrected chi connectivity index (χ1v) is 6.20. The first-order chi connectivity index (χ1) is 9.15. The van der Waals surface area contributed by atoms with Gasteiger partial charge in [0.2, 0.25) is 0 Å². The lowest BCUT2D eigenvalue weighted by molar-refractivity contribution is 0.624. The molecule has 0 amide bonds. The zero-order chi connectivity index (χ0) is 13.4. The molecular weight excluding hydrogens is 268 g/mol. The van der Waals surface area contributed by atoms with Crippen molar-refractivity contribution in [3.8, 4) is 0 Å². The van der Waals surface area contributed by atoms with E-state index < -0.39 is 0 Å². The molecule has 0 N–H and O–H groups in total. The van der Waals surface area contributed by atoms with Crippen molar-refractivity contribution < 1.29 is 8.78 Å². The first kappa shape index (κ1) is 12.2. The quantitative estimate of drug-likeness (QED) is 0.644. The molecule has 0 aliphatic heterocycles. The van der Waals surface area contributed by atoms with Gasteiger partial charge in [-0.3, -0.25) is 0 Å². The lowest BCUT2D eigenvalue weighted by Crippen LogP contribution is -1.99. The van der Waals surface area contributed by atoms with Gasteiger partial charge < -0.3 is 4.57 Å². The summed E-state index contributed by atoms with van der Waals surface area (Å²) in [6.07, 6.45) is 1.77. The zero-order valence-electron chi connectivity index (χ0n) is 9.91. The van der Waals surface area contributed by atoms with E-state index in [1.807, 2.05) is 10.6 Å². The Morgan fingerprint density at radius 3 is 2.74 bits per heavy atom. The van der Waals surface area contributed by atoms with Crippen molar-refractivity contribution in [1.29, 1.82) is 0 Å². The van der Waals surface area contributed by atoms with E-state index in [-0.39, 0.29) is 11.6 Å². The average Bonchev–Trinajstić information content (AvgIpc) is 2.79. The Hall–Kier alpha value is -1.87. The summed E-state index contributed by atoms with van der Waals surface area (Å²) in [5, 5.41) is 1.05. The summed E-state index contributed by atoms with van der Waals surface area (Å²) < 4.78 is 28.7. The van der Waals surface area contributed by atoms with Crippen LogP contribution in [0.25, 0.3) is 10.9 Å². The van der Waals surface area contributed by atoms with Gasteiger partial charge in [0.15, 0.2) is 0 Å². The summed E-state index contributed by atoms with van der Waals surface area (Å²) in [4.78, 5) is 0. The number of nitrogens with zero attached hydrogens (tertiary/aromatic N) is 1. The molecule has 1 nitrogen and oxygen atoms in total. The highest BCUT2D eigenvalue weighted by Crippen LogP contribution is 2.23. The molecule has 1 aromatic heterocycles. The second-order valence-electron chi connectivity index (χ2n) is 4.35. The lowest BCUT2D eigenvalue weighted by Gasteiger charge is -2.08. The van der Waals surface area contributed by atoms with Crippen LogP contribution >= 0.6 is 11.6 Å². The highest BCUT2D eigenvalue weighted by molar-refractivity contribution is 6.31. The Morgan fingerprint density at radius 1 is 1.05 bits per heavy atom. The Balaban J connectivity index is 2.06. The molecule has 0 unspecified atom stereocenters. The highest BCUT2D eigenvalue weighted by Gasteiger charge is 2.08. The third kappa shape index (κ3) is 2.22. The molecule has 0 aliphatic carbocycles. The van der Waals surface area contributed by atoms with Gasteiger partial charge in [-0.15, -0.1) is 0 Å². The van der Waals surface area contributed by atoms with Gasteiger partial charge in [0.05, 0.1) is 5.52 Å². The number of halogens is 3. The van der Waals surface area contributed by atoms with Crippen LogP contribution in [0.2, 0.25) is 5.02 Å². The van der Waals surface area contributed by atoms with Crippen LogP contribution in [0, 0.1) is 11.6 Å². The van der Waals surface area contributed by atoms with Gasteiger partial charge in [0.1, 0.15) is 11.6 Å². The molecule has 0 radical (unpaired) electrons. The van der Waals surface area contributed by atoms with E-state index >= 15 is 0 Å². The third-order valence-electron chi connectivity index (χ3n) is 3.11. The standard InChI is InChI=1S/C15H10ClF2N/c16-13-5-4-11(17)8-10(13)9-19-7-6-12-14(18)2-1-3-15(12)19/h1-8H,9H2. The van der Waals surface area contributed by atoms with E-state index in [0.717, 1.165) is 5.52 Å². The fourth-order valence-electron chi connectivity index (χ4n) is 2.17. The van der Waals surface area contributed by atoms with Crippen molar-refractivity contribution in [1.82, 2.24) is 4.57 Å². The molecular formula is C15H10ClF2N. The number of hydrogen-bond donors (Lipinski definition) is 0. The molecule has 0 saturated carbocycles. The van der Waals surface area contributed by atoms with Crippen molar-refractivity contribution in [2.24, 2.45) is 0 Å². The normalized spacial score (nSPS) is 11.1. The van der Waals surface area contributed by atoms with Gasteiger partial charge in [-0.2, -0.15) is 0 Å². The van der Waals surface area contributed by atoms with Crippen molar-refractivity contribution in [3.63, 3.8) is 0 Å². The zero-order valence-corrected chi connectivity index (χ0v) is 10.7. The largest absolute Gasteiger partial charge is 0.343 e. The van der Waals surface area contributed by atoms with Crippen molar-refractivity contribution >= 4 is 22.5 Å². The van der Waals surface area contributed by atoms with Gasteiger partial charge >= 0.3 is 0 Å². The molecule has 0 saturated heterocycles. The van der Waals surface area contributed by atoms with Crippen LogP contribution in [0.1, 0.15) is 5.56 Å². The highest BCUT2D eigenvalue weighted by atomic mass is 35.5. The van der Waals surface area contributed by atoms with Gasteiger partial charge in [-0.25, -0.2) is 8.78 Å². The van der Waals surface area contributed by atoms with E-state index in [4.69, 9.17) is 11.6 Å². The molecule has 4 heteroatoms. The van der Waals surface area contributed by atoms with Crippen LogP contribution in [0.3, 0.4) is 0 Å². The summed E-state index contributed by atoms with van der Waals surface area (Å²) in [7, 11) is 0. The Labute approximate surface area is 114 Å². The summed E-state index contributed by atoms with van der Waals surface area (Å²) in [6.45, 7) is 0.406. The van der Waals surface area contributed by atoms with Crippen LogP contribution in [0.15, 0.2) is 48.7 Å². The third-order valence-corrected chi connectivity index (χ3v) is 3.48. The van der Waals surface area contributed by atoms with Gasteiger partial charge in [-0.1, -0.05) is 17.7 Å². The topological polar surface area (TPSA) is 4.93 Å². The SMILES string of the molecule is Fc1ccc(Cl)c(Cn2ccc3c(F)cccc32)c1. The van der Waals surface area contributed by atoms with E-state index in [1.54, 1.807) is 18.3 Å². The maximum Gasteiger partial charge on any atom is 0.132 e. The van der Waals surface area contributed by atoms with Crippen LogP contribution in [0.4, 0.5) is 8.78 Å². The van der Waals surface area contributed by atoms with Crippen LogP contribution < -0.4 is 0 Å². The molecule has 96 valence electrons. The summed E-state index contributed by atoms with van der Waals surface area (Å²) in [5.74, 6) is -0.594. The number of fused-ring (bicyclic) bond motifs is 1. The van der Waals surface area contributed by atoms with E-state index in [0.29, 0.717) is 22.5 Å². The summed E-state index contributed by atoms with van der Waals surface area (Å²) in [5.41, 5.74) is 1.43. The Kier molecular flexibility index (Phi) is 2.99. The van der Waals surface area contributed by atoms with E-state index in [1.165, 1.54) is 24.3 Å². The minimum absolute atomic E-state index is 0.262. The monoisotopic (exact) mass is 277 g/mol. The first-order valence-electron chi connectivity index (χ1n) is 5.82. The summed E-state index contributed by atoms with van der Waals surface area (Å²) in [6, 6.07) is 10.8. The predicted molar refractivity (Wildman–Crippen MR) is 72.4 cm³/mol. The molecule has 0 bridgehead atoms. The second kappa shape index (κ2) is 4.67. The van der Waals surface area contributed by atoms with Crippen LogP contribution in [0.5, 0.6) is 0 Å².